The van der Waals surface area contributed by atoms with Gasteiger partial charge in [-0.05, 0) is 35.9 Å². The van der Waals surface area contributed by atoms with Crippen LogP contribution in [0, 0.1) is 5.82 Å². The van der Waals surface area contributed by atoms with Crippen LogP contribution in [0.3, 0.4) is 0 Å². The summed E-state index contributed by atoms with van der Waals surface area (Å²) in [5.41, 5.74) is 1.13. The standard InChI is InChI=1S/C16H15FN2O3/c1-10(20)18-15-9-12(4-7-14(15)17)19-16(22)8-11-2-5-13(21)6-3-11/h2-7,9,21H,8H2,1H3,(H,18,20)(H,19,22). The molecule has 2 rings (SSSR count). The number of phenols is 1. The number of nitrogens with one attached hydrogen (secondary N) is 2. The first-order chi connectivity index (χ1) is 10.4. The summed E-state index contributed by atoms with van der Waals surface area (Å²) in [6.45, 7) is 1.27. The minimum Gasteiger partial charge on any atom is -0.508 e. The van der Waals surface area contributed by atoms with Gasteiger partial charge in [0, 0.05) is 12.6 Å². The molecule has 5 nitrogen and oxygen atoms in total. The quantitative estimate of drug-likeness (QED) is 0.812. The molecule has 0 spiro atoms. The van der Waals surface area contributed by atoms with Gasteiger partial charge in [0.1, 0.15) is 11.6 Å². The molecular formula is C16H15FN2O3. The van der Waals surface area contributed by atoms with Crippen LogP contribution in [0.25, 0.3) is 0 Å². The molecule has 0 heterocycles. The Morgan fingerprint density at radius 2 is 1.77 bits per heavy atom. The second-order valence-corrected chi connectivity index (χ2v) is 4.77. The van der Waals surface area contributed by atoms with E-state index in [1.165, 1.54) is 37.3 Å². The number of halogens is 1. The number of benzene rings is 2. The Balaban J connectivity index is 2.05. The van der Waals surface area contributed by atoms with Crippen molar-refractivity contribution >= 4 is 23.2 Å². The molecule has 22 heavy (non-hydrogen) atoms. The highest BCUT2D eigenvalue weighted by Crippen LogP contribution is 2.20. The average Bonchev–Trinajstić information content (AvgIpc) is 2.44. The lowest BCUT2D eigenvalue weighted by atomic mass is 10.1. The van der Waals surface area contributed by atoms with Gasteiger partial charge in [0.15, 0.2) is 0 Å². The molecule has 0 saturated heterocycles. The van der Waals surface area contributed by atoms with Crippen molar-refractivity contribution in [1.29, 1.82) is 0 Å². The zero-order chi connectivity index (χ0) is 16.1. The summed E-state index contributed by atoms with van der Waals surface area (Å²) in [5.74, 6) is -1.13. The van der Waals surface area contributed by atoms with Crippen LogP contribution >= 0.6 is 0 Å². The van der Waals surface area contributed by atoms with E-state index < -0.39 is 11.7 Å². The fraction of sp³-hybridized carbons (Fsp3) is 0.125. The van der Waals surface area contributed by atoms with Crippen molar-refractivity contribution in [3.63, 3.8) is 0 Å². The summed E-state index contributed by atoms with van der Waals surface area (Å²) in [7, 11) is 0. The van der Waals surface area contributed by atoms with E-state index in [1.54, 1.807) is 12.1 Å². The maximum absolute atomic E-state index is 13.5. The van der Waals surface area contributed by atoms with Crippen molar-refractivity contribution in [1.82, 2.24) is 0 Å². The predicted molar refractivity (Wildman–Crippen MR) is 81.1 cm³/mol. The molecule has 0 bridgehead atoms. The Hall–Kier alpha value is -2.89. The van der Waals surface area contributed by atoms with Gasteiger partial charge in [-0.2, -0.15) is 0 Å². The van der Waals surface area contributed by atoms with Crippen LogP contribution in [-0.4, -0.2) is 16.9 Å². The monoisotopic (exact) mass is 302 g/mol. The number of carbonyl (C=O) groups excluding carboxylic acids is 2. The van der Waals surface area contributed by atoms with Gasteiger partial charge in [0.25, 0.3) is 0 Å². The Bertz CT molecular complexity index is 699. The Labute approximate surface area is 126 Å². The van der Waals surface area contributed by atoms with Crippen molar-refractivity contribution in [3.05, 3.63) is 53.8 Å². The van der Waals surface area contributed by atoms with Gasteiger partial charge in [0.05, 0.1) is 12.1 Å². The number of rotatable bonds is 4. The third-order valence-electron chi connectivity index (χ3n) is 2.86. The van der Waals surface area contributed by atoms with E-state index in [1.807, 2.05) is 0 Å². The number of hydrogen-bond acceptors (Lipinski definition) is 3. The van der Waals surface area contributed by atoms with Gasteiger partial charge in [-0.25, -0.2) is 4.39 Å². The number of carbonyl (C=O) groups is 2. The van der Waals surface area contributed by atoms with Crippen LogP contribution in [0.5, 0.6) is 5.75 Å². The topological polar surface area (TPSA) is 78.4 Å². The highest BCUT2D eigenvalue weighted by atomic mass is 19.1. The summed E-state index contributed by atoms with van der Waals surface area (Å²) in [6, 6.07) is 10.2. The highest BCUT2D eigenvalue weighted by Gasteiger charge is 2.08. The summed E-state index contributed by atoms with van der Waals surface area (Å²) >= 11 is 0. The summed E-state index contributed by atoms with van der Waals surface area (Å²) in [6.07, 6.45) is 0.118. The van der Waals surface area contributed by atoms with Crippen LogP contribution in [0.15, 0.2) is 42.5 Å². The molecule has 0 aliphatic rings. The van der Waals surface area contributed by atoms with Crippen LogP contribution < -0.4 is 10.6 Å². The molecule has 0 atom stereocenters. The third kappa shape index (κ3) is 4.31. The number of aromatic hydroxyl groups is 1. The SMILES string of the molecule is CC(=O)Nc1cc(NC(=O)Cc2ccc(O)cc2)ccc1F. The molecule has 0 aliphatic carbocycles. The van der Waals surface area contributed by atoms with Gasteiger partial charge < -0.3 is 15.7 Å². The first-order valence-corrected chi connectivity index (χ1v) is 6.59. The number of phenolic OH excluding ortho intramolecular Hbond substituents is 1. The smallest absolute Gasteiger partial charge is 0.228 e. The first-order valence-electron chi connectivity index (χ1n) is 6.59. The van der Waals surface area contributed by atoms with Crippen LogP contribution in [-0.2, 0) is 16.0 Å². The fourth-order valence-electron chi connectivity index (χ4n) is 1.89. The maximum atomic E-state index is 13.5. The van der Waals surface area contributed by atoms with Crippen LogP contribution in [0.4, 0.5) is 15.8 Å². The van der Waals surface area contributed by atoms with Crippen molar-refractivity contribution in [2.24, 2.45) is 0 Å². The van der Waals surface area contributed by atoms with Gasteiger partial charge in [0.2, 0.25) is 11.8 Å². The Kier molecular flexibility index (Phi) is 4.73. The molecule has 114 valence electrons. The number of anilines is 2. The van der Waals surface area contributed by atoms with E-state index >= 15 is 0 Å². The fourth-order valence-corrected chi connectivity index (χ4v) is 1.89. The normalized spacial score (nSPS) is 10.1. The molecule has 6 heteroatoms. The van der Waals surface area contributed by atoms with Crippen LogP contribution in [0.1, 0.15) is 12.5 Å². The highest BCUT2D eigenvalue weighted by molar-refractivity contribution is 5.94. The van der Waals surface area contributed by atoms with Gasteiger partial charge in [-0.3, -0.25) is 9.59 Å². The second kappa shape index (κ2) is 6.71. The number of amides is 2. The largest absolute Gasteiger partial charge is 0.508 e. The van der Waals surface area contributed by atoms with Crippen molar-refractivity contribution in [2.75, 3.05) is 10.6 Å². The third-order valence-corrected chi connectivity index (χ3v) is 2.86. The molecular weight excluding hydrogens is 287 g/mol. The summed E-state index contributed by atoms with van der Waals surface area (Å²) < 4.78 is 13.5. The van der Waals surface area contributed by atoms with Gasteiger partial charge >= 0.3 is 0 Å². The molecule has 0 aromatic heterocycles. The first kappa shape index (κ1) is 15.5. The Morgan fingerprint density at radius 3 is 2.41 bits per heavy atom. The minimum absolute atomic E-state index is 0.00920. The summed E-state index contributed by atoms with van der Waals surface area (Å²) in [4.78, 5) is 22.9. The zero-order valence-corrected chi connectivity index (χ0v) is 11.9. The maximum Gasteiger partial charge on any atom is 0.228 e. The van der Waals surface area contributed by atoms with E-state index in [0.717, 1.165) is 5.56 Å². The van der Waals surface area contributed by atoms with Crippen molar-refractivity contribution in [2.45, 2.75) is 13.3 Å². The second-order valence-electron chi connectivity index (χ2n) is 4.77. The molecule has 2 amide bonds. The van der Waals surface area contributed by atoms with E-state index in [-0.39, 0.29) is 23.8 Å². The molecule has 2 aromatic rings. The van der Waals surface area contributed by atoms with E-state index in [0.29, 0.717) is 5.69 Å². The van der Waals surface area contributed by atoms with Gasteiger partial charge in [-0.1, -0.05) is 12.1 Å². The van der Waals surface area contributed by atoms with Gasteiger partial charge in [-0.15, -0.1) is 0 Å². The van der Waals surface area contributed by atoms with E-state index in [4.69, 9.17) is 0 Å². The molecule has 0 unspecified atom stereocenters. The van der Waals surface area contributed by atoms with Crippen LogP contribution in [0.2, 0.25) is 0 Å². The Morgan fingerprint density at radius 1 is 1.09 bits per heavy atom. The molecule has 0 radical (unpaired) electrons. The lowest BCUT2D eigenvalue weighted by molar-refractivity contribution is -0.115. The van der Waals surface area contributed by atoms with E-state index in [2.05, 4.69) is 10.6 Å². The minimum atomic E-state index is -0.577. The van der Waals surface area contributed by atoms with Crippen molar-refractivity contribution < 1.29 is 19.1 Å². The lowest BCUT2D eigenvalue weighted by Crippen LogP contribution is -2.15. The summed E-state index contributed by atoms with van der Waals surface area (Å²) in [5, 5.41) is 14.2. The predicted octanol–water partition coefficient (Wildman–Crippen LogP) is 2.67. The zero-order valence-electron chi connectivity index (χ0n) is 11.9. The lowest BCUT2D eigenvalue weighted by Gasteiger charge is -2.09. The van der Waals surface area contributed by atoms with E-state index in [9.17, 15) is 19.1 Å². The molecule has 0 aliphatic heterocycles. The average molecular weight is 302 g/mol. The molecule has 0 saturated carbocycles. The number of hydrogen-bond donors (Lipinski definition) is 3. The van der Waals surface area contributed by atoms with Crippen molar-refractivity contribution in [3.8, 4) is 5.75 Å². The molecule has 0 fully saturated rings. The molecule has 2 aromatic carbocycles. The molecule has 3 N–H and O–H groups in total.